The van der Waals surface area contributed by atoms with E-state index in [-0.39, 0.29) is 31.1 Å². The van der Waals surface area contributed by atoms with E-state index in [9.17, 15) is 19.5 Å². The van der Waals surface area contributed by atoms with Crippen LogP contribution in [0.1, 0.15) is 0 Å². The van der Waals surface area contributed by atoms with E-state index >= 15 is 0 Å². The smallest absolute Gasteiger partial charge is 0.0811 e. The molecule has 6 nitrogen and oxygen atoms in total. The van der Waals surface area contributed by atoms with Crippen LogP contribution >= 0.6 is 7.60 Å². The second kappa shape index (κ2) is 6.53. The first-order valence-electron chi connectivity index (χ1n) is 3.85. The van der Waals surface area contributed by atoms with Crippen LogP contribution in [0.4, 0.5) is 0 Å². The van der Waals surface area contributed by atoms with Crippen LogP contribution in [0.15, 0.2) is 11.9 Å². The summed E-state index contributed by atoms with van der Waals surface area (Å²) in [6, 6.07) is 0. The number of aliphatic hydroxyl groups excluding tert-OH is 1. The average molecular weight is 459 g/mol. The minimum absolute atomic E-state index is 0. The zero-order chi connectivity index (χ0) is 10.8. The van der Waals surface area contributed by atoms with E-state index in [2.05, 4.69) is 0 Å². The van der Waals surface area contributed by atoms with Crippen LogP contribution in [0.2, 0.25) is 0 Å². The Morgan fingerprint density at radius 2 is 2.20 bits per heavy atom. The monoisotopic (exact) mass is 459 g/mol. The van der Waals surface area contributed by atoms with Crippen LogP contribution in [0.25, 0.3) is 0 Å². The van der Waals surface area contributed by atoms with E-state index in [1.807, 2.05) is 0 Å². The van der Waals surface area contributed by atoms with Gasteiger partial charge in [0.2, 0.25) is 0 Å². The fraction of sp³-hybridized carbons (Fsp3) is 0.571. The molecule has 0 aromatic heterocycles. The SMILES string of the molecule is COC1[CH-]O[C@H](/C=C/P(=O)([O-])[O-])[C@@H]1O.[U]. The maximum atomic E-state index is 10.3. The molecule has 1 aliphatic rings. The van der Waals surface area contributed by atoms with Crippen molar-refractivity contribution in [3.63, 3.8) is 0 Å². The summed E-state index contributed by atoms with van der Waals surface area (Å²) in [6.45, 7) is 1.25. The molecular formula is C7H10O6PU-3. The van der Waals surface area contributed by atoms with Gasteiger partial charge in [0.25, 0.3) is 0 Å². The normalized spacial score (nSPS) is 31.9. The summed E-state index contributed by atoms with van der Waals surface area (Å²) in [4.78, 5) is 20.5. The Morgan fingerprint density at radius 1 is 1.60 bits per heavy atom. The molecule has 3 atom stereocenters. The minimum Gasteiger partial charge on any atom is -0.808 e. The Bertz CT molecular complexity index is 264. The fourth-order valence-electron chi connectivity index (χ4n) is 1.06. The summed E-state index contributed by atoms with van der Waals surface area (Å²) in [5.41, 5.74) is 0. The Labute approximate surface area is 111 Å². The molecule has 86 valence electrons. The molecule has 0 spiro atoms. The van der Waals surface area contributed by atoms with Crippen LogP contribution < -0.4 is 9.79 Å². The summed E-state index contributed by atoms with van der Waals surface area (Å²) in [7, 11) is -3.32. The van der Waals surface area contributed by atoms with Gasteiger partial charge in [-0.1, -0.05) is 11.9 Å². The molecule has 1 N–H and O–H groups in total. The zero-order valence-electron chi connectivity index (χ0n) is 7.90. The maximum Gasteiger partial charge on any atom is 0.0811 e. The second-order valence-electron chi connectivity index (χ2n) is 2.81. The van der Waals surface area contributed by atoms with E-state index in [0.29, 0.717) is 5.82 Å². The van der Waals surface area contributed by atoms with Gasteiger partial charge in [0.05, 0.1) is 12.2 Å². The molecule has 0 radical (unpaired) electrons. The fourth-order valence-corrected chi connectivity index (χ4v) is 1.44. The summed E-state index contributed by atoms with van der Waals surface area (Å²) >= 11 is 0. The molecule has 1 fully saturated rings. The number of hydrogen-bond donors (Lipinski definition) is 1. The molecule has 0 aromatic rings. The topological polar surface area (TPSA) is 102 Å². The number of rotatable bonds is 3. The van der Waals surface area contributed by atoms with Crippen LogP contribution in [-0.2, 0) is 14.0 Å². The van der Waals surface area contributed by atoms with Crippen LogP contribution in [0, 0.1) is 37.7 Å². The Morgan fingerprint density at radius 3 is 2.60 bits per heavy atom. The third-order valence-corrected chi connectivity index (χ3v) is 2.31. The Kier molecular flexibility index (Phi) is 6.89. The van der Waals surface area contributed by atoms with Crippen molar-refractivity contribution in [3.05, 3.63) is 18.5 Å². The van der Waals surface area contributed by atoms with E-state index in [1.54, 1.807) is 0 Å². The molecule has 0 aliphatic carbocycles. The molecular weight excluding hydrogens is 449 g/mol. The molecule has 15 heavy (non-hydrogen) atoms. The standard InChI is InChI=1S/C7H12O6P.U/c1-12-6-4-13-5(7(6)8)2-3-14(9,10)11;/h2-8H,1H3,(H2,9,10,11);/q-1;/p-2/b3-2+;/t5-,6?,7+;/m1./s1. The van der Waals surface area contributed by atoms with Gasteiger partial charge in [-0.05, 0) is 13.7 Å². The maximum absolute atomic E-state index is 10.3. The van der Waals surface area contributed by atoms with Crippen LogP contribution in [0.3, 0.4) is 0 Å². The molecule has 0 aromatic carbocycles. The van der Waals surface area contributed by atoms with Gasteiger partial charge in [-0.15, -0.1) is 0 Å². The Balaban J connectivity index is 0.00000196. The predicted molar refractivity (Wildman–Crippen MR) is 42.7 cm³/mol. The molecule has 1 heterocycles. The van der Waals surface area contributed by atoms with Gasteiger partial charge < -0.3 is 28.9 Å². The van der Waals surface area contributed by atoms with E-state index in [4.69, 9.17) is 9.47 Å². The summed E-state index contributed by atoms with van der Waals surface area (Å²) in [6.07, 6.45) is -1.46. The van der Waals surface area contributed by atoms with Gasteiger partial charge in [-0.2, -0.15) is 6.61 Å². The van der Waals surface area contributed by atoms with Crippen LogP contribution in [-0.4, -0.2) is 30.5 Å². The van der Waals surface area contributed by atoms with Crippen molar-refractivity contribution >= 4 is 7.60 Å². The van der Waals surface area contributed by atoms with Crippen LogP contribution in [0.5, 0.6) is 0 Å². The molecule has 8 heteroatoms. The summed E-state index contributed by atoms with van der Waals surface area (Å²) in [5, 5.41) is 9.42. The molecule has 1 rings (SSSR count). The zero-order valence-corrected chi connectivity index (χ0v) is 13.0. The first-order chi connectivity index (χ1) is 6.44. The number of aliphatic hydroxyl groups is 1. The van der Waals surface area contributed by atoms with Crippen molar-refractivity contribution in [1.82, 2.24) is 0 Å². The van der Waals surface area contributed by atoms with Crippen molar-refractivity contribution in [2.75, 3.05) is 7.11 Å². The first kappa shape index (κ1) is 15.8. The largest absolute Gasteiger partial charge is 0.808 e. The predicted octanol–water partition coefficient (Wildman–Crippen LogP) is -1.65. The van der Waals surface area contributed by atoms with Gasteiger partial charge in [-0.3, -0.25) is 0 Å². The quantitative estimate of drug-likeness (QED) is 0.401. The van der Waals surface area contributed by atoms with Gasteiger partial charge in [0.15, 0.2) is 0 Å². The first-order valence-corrected chi connectivity index (χ1v) is 5.46. The van der Waals surface area contributed by atoms with Gasteiger partial charge in [0, 0.05) is 38.2 Å². The molecule has 0 saturated carbocycles. The van der Waals surface area contributed by atoms with Crippen molar-refractivity contribution in [1.29, 1.82) is 0 Å². The third kappa shape index (κ3) is 5.12. The van der Waals surface area contributed by atoms with Crippen molar-refractivity contribution in [2.45, 2.75) is 18.3 Å². The third-order valence-electron chi connectivity index (χ3n) is 1.77. The molecule has 1 aliphatic heterocycles. The number of hydrogen-bond acceptors (Lipinski definition) is 6. The summed E-state index contributed by atoms with van der Waals surface area (Å²) in [5.74, 6) is 0.479. The van der Waals surface area contributed by atoms with E-state index in [0.717, 1.165) is 6.08 Å². The van der Waals surface area contributed by atoms with Gasteiger partial charge in [0.1, 0.15) is 0 Å². The number of methoxy groups -OCH3 is 1. The van der Waals surface area contributed by atoms with Crippen molar-refractivity contribution in [2.24, 2.45) is 0 Å². The van der Waals surface area contributed by atoms with E-state index in [1.165, 1.54) is 13.7 Å². The van der Waals surface area contributed by atoms with Crippen molar-refractivity contribution in [3.8, 4) is 0 Å². The molecule has 0 bridgehead atoms. The minimum atomic E-state index is -4.70. The Hall–Kier alpha value is 0.822. The number of ether oxygens (including phenoxy) is 2. The molecule has 1 saturated heterocycles. The molecule has 1 unspecified atom stereocenters. The van der Waals surface area contributed by atoms with Crippen molar-refractivity contribution < 1.29 is 60.0 Å². The molecule has 0 amide bonds. The average Bonchev–Trinajstić information content (AvgIpc) is 2.42. The van der Waals surface area contributed by atoms with Gasteiger partial charge >= 0.3 is 0 Å². The van der Waals surface area contributed by atoms with Gasteiger partial charge in [-0.25, -0.2) is 0 Å². The summed E-state index contributed by atoms with van der Waals surface area (Å²) < 4.78 is 19.9. The second-order valence-corrected chi connectivity index (χ2v) is 4.19. The van der Waals surface area contributed by atoms with E-state index < -0.39 is 25.9 Å².